The molecule has 3 N–H and O–H groups in total. The highest BCUT2D eigenvalue weighted by Crippen LogP contribution is 2.39. The minimum absolute atomic E-state index is 0.221. The van der Waals surface area contributed by atoms with Crippen LogP contribution in [0.5, 0.6) is 0 Å². The van der Waals surface area contributed by atoms with Crippen LogP contribution >= 0.6 is 0 Å². The predicted molar refractivity (Wildman–Crippen MR) is 70.5 cm³/mol. The lowest BCUT2D eigenvalue weighted by atomic mass is 9.88. The summed E-state index contributed by atoms with van der Waals surface area (Å²) in [5.74, 6) is -1.05. The molecule has 2 rings (SSSR count). The van der Waals surface area contributed by atoms with E-state index in [0.29, 0.717) is 12.1 Å². The molecule has 2 saturated heterocycles. The van der Waals surface area contributed by atoms with Crippen molar-refractivity contribution >= 4 is 17.8 Å². The largest absolute Gasteiger partial charge is 0.481 e. The van der Waals surface area contributed by atoms with E-state index < -0.39 is 5.97 Å². The Hall–Kier alpha value is -1.63. The van der Waals surface area contributed by atoms with E-state index in [4.69, 9.17) is 5.11 Å². The van der Waals surface area contributed by atoms with Gasteiger partial charge in [0.15, 0.2) is 0 Å². The van der Waals surface area contributed by atoms with Gasteiger partial charge in [-0.2, -0.15) is 0 Å². The Morgan fingerprint density at radius 3 is 2.25 bits per heavy atom. The van der Waals surface area contributed by atoms with Crippen LogP contribution in [0.15, 0.2) is 0 Å². The second kappa shape index (κ2) is 6.21. The van der Waals surface area contributed by atoms with Gasteiger partial charge in [0, 0.05) is 25.4 Å². The molecule has 2 aliphatic rings. The van der Waals surface area contributed by atoms with Gasteiger partial charge in [-0.3, -0.25) is 30.1 Å². The molecule has 2 atom stereocenters. The fourth-order valence-electron chi connectivity index (χ4n) is 3.42. The average molecular weight is 283 g/mol. The van der Waals surface area contributed by atoms with Gasteiger partial charge in [-0.05, 0) is 31.6 Å². The van der Waals surface area contributed by atoms with Gasteiger partial charge < -0.3 is 5.11 Å². The third-order valence-electron chi connectivity index (χ3n) is 4.15. The van der Waals surface area contributed by atoms with Crippen molar-refractivity contribution in [3.8, 4) is 0 Å². The Kier molecular flexibility index (Phi) is 4.59. The SMILES string of the molecule is CC(=O)NNC(=O)CN1C2CCC1CC(CC(=O)O)C2. The molecule has 2 aliphatic heterocycles. The molecule has 2 unspecified atom stereocenters. The van der Waals surface area contributed by atoms with E-state index in [1.54, 1.807) is 0 Å². The van der Waals surface area contributed by atoms with Crippen molar-refractivity contribution in [2.45, 2.75) is 51.1 Å². The molecule has 7 heteroatoms. The first-order valence-corrected chi connectivity index (χ1v) is 6.98. The van der Waals surface area contributed by atoms with Gasteiger partial charge in [0.05, 0.1) is 6.54 Å². The van der Waals surface area contributed by atoms with Crippen molar-refractivity contribution in [1.29, 1.82) is 0 Å². The number of piperidine rings is 1. The summed E-state index contributed by atoms with van der Waals surface area (Å²) in [6, 6.07) is 0.586. The number of carbonyl (C=O) groups excluding carboxylic acids is 2. The summed E-state index contributed by atoms with van der Waals surface area (Å²) >= 11 is 0. The van der Waals surface area contributed by atoms with Gasteiger partial charge >= 0.3 is 5.97 Å². The van der Waals surface area contributed by atoms with Gasteiger partial charge in [0.25, 0.3) is 5.91 Å². The minimum atomic E-state index is -0.744. The first-order valence-electron chi connectivity index (χ1n) is 6.98. The average Bonchev–Trinajstić information content (AvgIpc) is 2.59. The Morgan fingerprint density at radius 1 is 1.15 bits per heavy atom. The lowest BCUT2D eigenvalue weighted by Crippen LogP contribution is -2.51. The molecule has 112 valence electrons. The van der Waals surface area contributed by atoms with E-state index in [1.807, 2.05) is 0 Å². The fourth-order valence-corrected chi connectivity index (χ4v) is 3.42. The molecule has 2 bridgehead atoms. The Morgan fingerprint density at radius 2 is 1.75 bits per heavy atom. The molecule has 0 aliphatic carbocycles. The monoisotopic (exact) mass is 283 g/mol. The van der Waals surface area contributed by atoms with Crippen LogP contribution in [0, 0.1) is 5.92 Å². The zero-order valence-corrected chi connectivity index (χ0v) is 11.6. The summed E-state index contributed by atoms with van der Waals surface area (Å²) in [5, 5.41) is 8.87. The van der Waals surface area contributed by atoms with E-state index in [9.17, 15) is 14.4 Å². The highest BCUT2D eigenvalue weighted by atomic mass is 16.4. The summed E-state index contributed by atoms with van der Waals surface area (Å²) < 4.78 is 0. The number of amides is 2. The number of hydrazine groups is 1. The summed E-state index contributed by atoms with van der Waals surface area (Å²) in [4.78, 5) is 35.4. The Balaban J connectivity index is 1.84. The zero-order chi connectivity index (χ0) is 14.7. The van der Waals surface area contributed by atoms with Crippen LogP contribution in [0.3, 0.4) is 0 Å². The van der Waals surface area contributed by atoms with Crippen LogP contribution in [0.4, 0.5) is 0 Å². The van der Waals surface area contributed by atoms with Crippen molar-refractivity contribution < 1.29 is 19.5 Å². The standard InChI is InChI=1S/C13H21N3O4/c1-8(17)14-15-12(18)7-16-10-2-3-11(16)5-9(4-10)6-13(19)20/h9-11H,2-7H2,1H3,(H,14,17)(H,15,18)(H,19,20). The number of carboxylic acids is 1. The number of hydrogen-bond donors (Lipinski definition) is 3. The first kappa shape index (κ1) is 14.8. The molecule has 20 heavy (non-hydrogen) atoms. The van der Waals surface area contributed by atoms with Gasteiger partial charge in [-0.15, -0.1) is 0 Å². The molecular weight excluding hydrogens is 262 g/mol. The third kappa shape index (κ3) is 3.69. The molecule has 2 heterocycles. The van der Waals surface area contributed by atoms with E-state index in [-0.39, 0.29) is 30.7 Å². The van der Waals surface area contributed by atoms with Crippen molar-refractivity contribution in [2.24, 2.45) is 5.92 Å². The number of nitrogens with zero attached hydrogens (tertiary/aromatic N) is 1. The molecule has 0 spiro atoms. The van der Waals surface area contributed by atoms with Crippen LogP contribution in [0.2, 0.25) is 0 Å². The first-order chi connectivity index (χ1) is 9.45. The molecule has 0 saturated carbocycles. The van der Waals surface area contributed by atoms with Crippen LogP contribution in [-0.4, -0.2) is 46.4 Å². The summed E-state index contributed by atoms with van der Waals surface area (Å²) in [6.45, 7) is 1.59. The van der Waals surface area contributed by atoms with Crippen LogP contribution in [-0.2, 0) is 14.4 Å². The van der Waals surface area contributed by atoms with E-state index in [0.717, 1.165) is 25.7 Å². The zero-order valence-electron chi connectivity index (χ0n) is 11.6. The molecular formula is C13H21N3O4. The van der Waals surface area contributed by atoms with Crippen LogP contribution in [0.1, 0.15) is 39.0 Å². The molecule has 0 radical (unpaired) electrons. The molecule has 7 nitrogen and oxygen atoms in total. The Labute approximate surface area is 117 Å². The second-order valence-electron chi connectivity index (χ2n) is 5.72. The number of carboxylic acid groups (broad SMARTS) is 1. The number of aliphatic carboxylic acids is 1. The van der Waals surface area contributed by atoms with Gasteiger partial charge in [0.1, 0.15) is 0 Å². The topological polar surface area (TPSA) is 98.7 Å². The number of nitrogens with one attached hydrogen (secondary N) is 2. The van der Waals surface area contributed by atoms with Gasteiger partial charge in [-0.25, -0.2) is 0 Å². The van der Waals surface area contributed by atoms with Crippen LogP contribution < -0.4 is 10.9 Å². The maximum absolute atomic E-state index is 11.7. The fraction of sp³-hybridized carbons (Fsp3) is 0.769. The number of hydrogen-bond acceptors (Lipinski definition) is 4. The van der Waals surface area contributed by atoms with Crippen molar-refractivity contribution in [3.05, 3.63) is 0 Å². The van der Waals surface area contributed by atoms with Gasteiger partial charge in [0.2, 0.25) is 5.91 Å². The van der Waals surface area contributed by atoms with E-state index >= 15 is 0 Å². The van der Waals surface area contributed by atoms with E-state index in [1.165, 1.54) is 6.92 Å². The molecule has 0 aromatic rings. The smallest absolute Gasteiger partial charge is 0.303 e. The molecule has 2 amide bonds. The summed E-state index contributed by atoms with van der Waals surface area (Å²) in [7, 11) is 0. The predicted octanol–water partition coefficient (Wildman–Crippen LogP) is -0.129. The summed E-state index contributed by atoms with van der Waals surface area (Å²) in [6.07, 6.45) is 3.95. The lowest BCUT2D eigenvalue weighted by molar-refractivity contribution is -0.139. The minimum Gasteiger partial charge on any atom is -0.481 e. The molecule has 0 aromatic heterocycles. The van der Waals surface area contributed by atoms with Gasteiger partial charge in [-0.1, -0.05) is 0 Å². The molecule has 2 fully saturated rings. The normalized spacial score (nSPS) is 28.9. The maximum Gasteiger partial charge on any atom is 0.303 e. The molecule has 0 aromatic carbocycles. The Bertz CT molecular complexity index is 398. The van der Waals surface area contributed by atoms with Crippen molar-refractivity contribution in [2.75, 3.05) is 6.54 Å². The highest BCUT2D eigenvalue weighted by molar-refractivity contribution is 5.82. The van der Waals surface area contributed by atoms with Crippen LogP contribution in [0.25, 0.3) is 0 Å². The maximum atomic E-state index is 11.7. The van der Waals surface area contributed by atoms with Crippen molar-refractivity contribution in [1.82, 2.24) is 15.8 Å². The van der Waals surface area contributed by atoms with Crippen molar-refractivity contribution in [3.63, 3.8) is 0 Å². The number of carbonyl (C=O) groups is 3. The third-order valence-corrected chi connectivity index (χ3v) is 4.15. The number of rotatable bonds is 4. The van der Waals surface area contributed by atoms with E-state index in [2.05, 4.69) is 15.8 Å². The highest BCUT2D eigenvalue weighted by Gasteiger charge is 2.41. The lowest BCUT2D eigenvalue weighted by Gasteiger charge is -2.38. The summed E-state index contributed by atoms with van der Waals surface area (Å²) in [5.41, 5.74) is 4.64. The quantitative estimate of drug-likeness (QED) is 0.624. The second-order valence-corrected chi connectivity index (χ2v) is 5.72. The number of fused-ring (bicyclic) bond motifs is 2.